The molecular formula is C13H22ClN3O5S2. The molecule has 0 amide bonds. The molecule has 1 aromatic carbocycles. The Balaban J connectivity index is 0.00000288. The van der Waals surface area contributed by atoms with E-state index in [0.29, 0.717) is 6.61 Å². The van der Waals surface area contributed by atoms with Crippen molar-refractivity contribution in [1.29, 1.82) is 0 Å². The summed E-state index contributed by atoms with van der Waals surface area (Å²) < 4.78 is 55.2. The lowest BCUT2D eigenvalue weighted by Gasteiger charge is -2.28. The maximum Gasteiger partial charge on any atom is 0.240 e. The second-order valence-electron chi connectivity index (χ2n) is 5.59. The molecule has 0 bridgehead atoms. The van der Waals surface area contributed by atoms with Gasteiger partial charge in [0.2, 0.25) is 20.0 Å². The van der Waals surface area contributed by atoms with Crippen LogP contribution in [0.15, 0.2) is 34.1 Å². The van der Waals surface area contributed by atoms with Gasteiger partial charge in [0.1, 0.15) is 0 Å². The molecule has 2 rings (SSSR count). The van der Waals surface area contributed by atoms with Gasteiger partial charge in [-0.15, -0.1) is 12.4 Å². The van der Waals surface area contributed by atoms with E-state index in [-0.39, 0.29) is 28.7 Å². The van der Waals surface area contributed by atoms with Crippen LogP contribution in [0.1, 0.15) is 12.8 Å². The molecule has 1 fully saturated rings. The van der Waals surface area contributed by atoms with Gasteiger partial charge < -0.3 is 10.1 Å². The lowest BCUT2D eigenvalue weighted by Crippen LogP contribution is -2.52. The summed E-state index contributed by atoms with van der Waals surface area (Å²) in [5, 5.41) is 8.30. The summed E-state index contributed by atoms with van der Waals surface area (Å²) in [5.41, 5.74) is -0.445. The normalized spacial score (nSPS) is 21.4. The fourth-order valence-corrected chi connectivity index (χ4v) is 4.41. The predicted octanol–water partition coefficient (Wildman–Crippen LogP) is -0.197. The van der Waals surface area contributed by atoms with Gasteiger partial charge in [0.25, 0.3) is 0 Å². The van der Waals surface area contributed by atoms with Crippen LogP contribution in [0.2, 0.25) is 0 Å². The van der Waals surface area contributed by atoms with E-state index in [9.17, 15) is 16.8 Å². The molecule has 1 aromatic rings. The van der Waals surface area contributed by atoms with E-state index in [0.717, 1.165) is 25.5 Å². The van der Waals surface area contributed by atoms with Crippen LogP contribution in [0.3, 0.4) is 0 Å². The number of halogens is 1. The van der Waals surface area contributed by atoms with Crippen molar-refractivity contribution in [3.8, 4) is 0 Å². The molecule has 0 spiro atoms. The van der Waals surface area contributed by atoms with Gasteiger partial charge in [0, 0.05) is 13.7 Å². The SMILES string of the molecule is COCC1(CNS(=O)(=O)c2cccc(S(N)(=O)=O)c2)CCCN1.Cl. The summed E-state index contributed by atoms with van der Waals surface area (Å²) in [6, 6.07) is 4.96. The molecule has 1 aliphatic rings. The fraction of sp³-hybridized carbons (Fsp3) is 0.538. The van der Waals surface area contributed by atoms with Gasteiger partial charge >= 0.3 is 0 Å². The zero-order chi connectivity index (χ0) is 17.1. The predicted molar refractivity (Wildman–Crippen MR) is 92.1 cm³/mol. The molecule has 1 heterocycles. The van der Waals surface area contributed by atoms with E-state index in [2.05, 4.69) is 10.0 Å². The van der Waals surface area contributed by atoms with Gasteiger partial charge in [0.15, 0.2) is 0 Å². The van der Waals surface area contributed by atoms with Gasteiger partial charge in [0.05, 0.1) is 21.9 Å². The van der Waals surface area contributed by atoms with Crippen LogP contribution in [-0.2, 0) is 24.8 Å². The first kappa shape index (κ1) is 21.3. The molecule has 11 heteroatoms. The Labute approximate surface area is 148 Å². The Morgan fingerprint density at radius 1 is 1.29 bits per heavy atom. The third kappa shape index (κ3) is 5.12. The summed E-state index contributed by atoms with van der Waals surface area (Å²) in [4.78, 5) is -0.388. The van der Waals surface area contributed by atoms with Crippen molar-refractivity contribution < 1.29 is 21.6 Å². The molecule has 0 aliphatic carbocycles. The molecule has 24 heavy (non-hydrogen) atoms. The molecule has 8 nitrogen and oxygen atoms in total. The van der Waals surface area contributed by atoms with Crippen molar-refractivity contribution in [2.75, 3.05) is 26.8 Å². The number of benzene rings is 1. The van der Waals surface area contributed by atoms with Crippen molar-refractivity contribution in [3.63, 3.8) is 0 Å². The number of ether oxygens (including phenoxy) is 1. The average molecular weight is 400 g/mol. The molecule has 138 valence electrons. The van der Waals surface area contributed by atoms with Crippen LogP contribution in [0, 0.1) is 0 Å². The molecule has 1 saturated heterocycles. The molecule has 0 radical (unpaired) electrons. The van der Waals surface area contributed by atoms with E-state index < -0.39 is 25.6 Å². The van der Waals surface area contributed by atoms with Crippen LogP contribution in [0.5, 0.6) is 0 Å². The van der Waals surface area contributed by atoms with Gasteiger partial charge in [-0.1, -0.05) is 6.07 Å². The molecule has 0 aromatic heterocycles. The minimum atomic E-state index is -3.96. The summed E-state index contributed by atoms with van der Waals surface area (Å²) in [6.45, 7) is 1.33. The van der Waals surface area contributed by atoms with Gasteiger partial charge in [-0.2, -0.15) is 0 Å². The zero-order valence-electron chi connectivity index (χ0n) is 13.2. The van der Waals surface area contributed by atoms with E-state index in [1.165, 1.54) is 18.2 Å². The van der Waals surface area contributed by atoms with Gasteiger partial charge in [-0.3, -0.25) is 0 Å². The minimum Gasteiger partial charge on any atom is -0.383 e. The van der Waals surface area contributed by atoms with Crippen molar-refractivity contribution in [2.24, 2.45) is 5.14 Å². The summed E-state index contributed by atoms with van der Waals surface area (Å²) >= 11 is 0. The topological polar surface area (TPSA) is 128 Å². The number of nitrogens with one attached hydrogen (secondary N) is 2. The lowest BCUT2D eigenvalue weighted by molar-refractivity contribution is 0.122. The number of hydrogen-bond acceptors (Lipinski definition) is 6. The number of rotatable bonds is 7. The standard InChI is InChI=1S/C13H21N3O5S2.ClH/c1-21-10-13(6-3-7-15-13)9-16-23(19,20)12-5-2-4-11(8-12)22(14,17)18;/h2,4-5,8,15-16H,3,6-7,9-10H2,1H3,(H2,14,17,18);1H. The molecular weight excluding hydrogens is 378 g/mol. The number of methoxy groups -OCH3 is 1. The Hall–Kier alpha value is -0.750. The molecule has 1 atom stereocenters. The average Bonchev–Trinajstić information content (AvgIpc) is 2.94. The Bertz CT molecular complexity index is 762. The highest BCUT2D eigenvalue weighted by Crippen LogP contribution is 2.20. The summed E-state index contributed by atoms with van der Waals surface area (Å²) in [7, 11) is -6.25. The molecule has 1 aliphatic heterocycles. The highest BCUT2D eigenvalue weighted by atomic mass is 35.5. The highest BCUT2D eigenvalue weighted by Gasteiger charge is 2.34. The lowest BCUT2D eigenvalue weighted by atomic mass is 9.99. The first-order chi connectivity index (χ1) is 10.7. The monoisotopic (exact) mass is 399 g/mol. The van der Waals surface area contributed by atoms with Gasteiger partial charge in [-0.25, -0.2) is 26.7 Å². The van der Waals surface area contributed by atoms with Gasteiger partial charge in [-0.05, 0) is 37.6 Å². The van der Waals surface area contributed by atoms with Crippen LogP contribution in [0.4, 0.5) is 0 Å². The summed E-state index contributed by atoms with van der Waals surface area (Å²) in [5.74, 6) is 0. The van der Waals surface area contributed by atoms with E-state index in [1.54, 1.807) is 7.11 Å². The van der Waals surface area contributed by atoms with Crippen molar-refractivity contribution in [1.82, 2.24) is 10.0 Å². The summed E-state index contributed by atoms with van der Waals surface area (Å²) in [6.07, 6.45) is 1.73. The number of nitrogens with two attached hydrogens (primary N) is 1. The quantitative estimate of drug-likeness (QED) is 0.582. The zero-order valence-corrected chi connectivity index (χ0v) is 15.6. The maximum atomic E-state index is 12.4. The fourth-order valence-electron chi connectivity index (χ4n) is 2.60. The van der Waals surface area contributed by atoms with Crippen molar-refractivity contribution >= 4 is 32.5 Å². The third-order valence-corrected chi connectivity index (χ3v) is 6.11. The largest absolute Gasteiger partial charge is 0.383 e. The molecule has 0 saturated carbocycles. The second-order valence-corrected chi connectivity index (χ2v) is 8.92. The highest BCUT2D eigenvalue weighted by molar-refractivity contribution is 7.90. The molecule has 4 N–H and O–H groups in total. The Kier molecular flexibility index (Phi) is 7.17. The third-order valence-electron chi connectivity index (χ3n) is 3.80. The van der Waals surface area contributed by atoms with Crippen LogP contribution in [-0.4, -0.2) is 49.2 Å². The Morgan fingerprint density at radius 2 is 1.96 bits per heavy atom. The smallest absolute Gasteiger partial charge is 0.240 e. The van der Waals surface area contributed by atoms with Crippen molar-refractivity contribution in [3.05, 3.63) is 24.3 Å². The number of hydrogen-bond donors (Lipinski definition) is 3. The van der Waals surface area contributed by atoms with E-state index in [4.69, 9.17) is 9.88 Å². The first-order valence-electron chi connectivity index (χ1n) is 7.05. The van der Waals surface area contributed by atoms with Crippen LogP contribution < -0.4 is 15.2 Å². The Morgan fingerprint density at radius 3 is 2.50 bits per heavy atom. The number of primary sulfonamides is 1. The number of sulfonamides is 2. The van der Waals surface area contributed by atoms with Crippen molar-refractivity contribution in [2.45, 2.75) is 28.2 Å². The molecule has 1 unspecified atom stereocenters. The van der Waals surface area contributed by atoms with E-state index >= 15 is 0 Å². The van der Waals surface area contributed by atoms with Crippen LogP contribution in [0.25, 0.3) is 0 Å². The van der Waals surface area contributed by atoms with Crippen LogP contribution >= 0.6 is 12.4 Å². The first-order valence-corrected chi connectivity index (χ1v) is 10.1. The minimum absolute atomic E-state index is 0. The maximum absolute atomic E-state index is 12.4. The van der Waals surface area contributed by atoms with E-state index in [1.807, 2.05) is 0 Å². The second kappa shape index (κ2) is 8.09.